The first-order valence-electron chi connectivity index (χ1n) is 2.47. The van der Waals surface area contributed by atoms with Crippen LogP contribution in [0.1, 0.15) is 0 Å². The maximum absolute atomic E-state index is 10.2. The Balaban J connectivity index is 2.85. The number of carboxylic acids is 1. The lowest BCUT2D eigenvalue weighted by molar-refractivity contribution is -0.500. The molecule has 0 bridgehead atoms. The highest BCUT2D eigenvalue weighted by atomic mass is 16.6. The first-order valence-corrected chi connectivity index (χ1v) is 2.47. The summed E-state index contributed by atoms with van der Waals surface area (Å²) in [6.07, 6.45) is -1.65. The molecule has 1 aliphatic rings. The van der Waals surface area contributed by atoms with E-state index in [1.54, 1.807) is 0 Å². The number of hydrogen-bond acceptors (Lipinski definition) is 6. The van der Waals surface area contributed by atoms with Crippen molar-refractivity contribution in [1.82, 2.24) is 0 Å². The van der Waals surface area contributed by atoms with Gasteiger partial charge in [0.1, 0.15) is 0 Å². The van der Waals surface area contributed by atoms with Crippen LogP contribution in [0.4, 0.5) is 0 Å². The van der Waals surface area contributed by atoms with Gasteiger partial charge in [0.05, 0.1) is 4.92 Å². The van der Waals surface area contributed by atoms with E-state index in [9.17, 15) is 14.9 Å². The number of carboxylic acid groups (broad SMARTS) is 1. The molecule has 8 heteroatoms. The van der Waals surface area contributed by atoms with Crippen LogP contribution in [0.3, 0.4) is 0 Å². The fourth-order valence-electron chi connectivity index (χ4n) is 0.524. The largest absolute Gasteiger partial charge is 0.476 e. The summed E-state index contributed by atoms with van der Waals surface area (Å²) in [7, 11) is 0. The van der Waals surface area contributed by atoms with Crippen molar-refractivity contribution in [1.29, 1.82) is 0 Å². The van der Waals surface area contributed by atoms with Gasteiger partial charge in [-0.25, -0.2) is 4.79 Å². The molecule has 1 N–H and O–H groups in total. The molecule has 58 valence electrons. The second kappa shape index (κ2) is 2.40. The summed E-state index contributed by atoms with van der Waals surface area (Å²) >= 11 is 0. The van der Waals surface area contributed by atoms with Gasteiger partial charge in [-0.1, -0.05) is 5.11 Å². The van der Waals surface area contributed by atoms with Crippen molar-refractivity contribution in [3.05, 3.63) is 10.1 Å². The zero-order chi connectivity index (χ0) is 8.43. The van der Waals surface area contributed by atoms with Crippen molar-refractivity contribution in [2.24, 2.45) is 15.4 Å². The van der Waals surface area contributed by atoms with Crippen molar-refractivity contribution in [3.8, 4) is 0 Å². The Hall–Kier alpha value is -1.86. The summed E-state index contributed by atoms with van der Waals surface area (Å²) in [6, 6.07) is 0. The van der Waals surface area contributed by atoms with E-state index in [0.29, 0.717) is 0 Å². The molecule has 0 aromatic carbocycles. The van der Waals surface area contributed by atoms with Crippen molar-refractivity contribution < 1.29 is 14.8 Å². The quantitative estimate of drug-likeness (QED) is 0.430. The Labute approximate surface area is 59.4 Å². The van der Waals surface area contributed by atoms with E-state index < -0.39 is 22.8 Å². The fourth-order valence-corrected chi connectivity index (χ4v) is 0.524. The van der Waals surface area contributed by atoms with E-state index >= 15 is 0 Å². The van der Waals surface area contributed by atoms with Crippen molar-refractivity contribution in [3.63, 3.8) is 0 Å². The Bertz CT molecular complexity index is 269. The Morgan fingerprint density at radius 1 is 1.73 bits per heavy atom. The van der Waals surface area contributed by atoms with E-state index in [-0.39, 0.29) is 0 Å². The smallest absolute Gasteiger partial charge is 0.373 e. The lowest BCUT2D eigenvalue weighted by Crippen LogP contribution is -2.31. The third-order valence-corrected chi connectivity index (χ3v) is 0.977. The predicted molar refractivity (Wildman–Crippen MR) is 30.7 cm³/mol. The first kappa shape index (κ1) is 7.25. The van der Waals surface area contributed by atoms with Gasteiger partial charge in [-0.05, 0) is 5.22 Å². The minimum atomic E-state index is -1.65. The second-order valence-corrected chi connectivity index (χ2v) is 1.65. The SMILES string of the molecule is O=C(O)C1=NN=N[C@H]1[N+](=O)[O-]. The molecule has 0 unspecified atom stereocenters. The summed E-state index contributed by atoms with van der Waals surface area (Å²) in [6.45, 7) is 0. The molecule has 0 aromatic heterocycles. The van der Waals surface area contributed by atoms with Crippen LogP contribution >= 0.6 is 0 Å². The van der Waals surface area contributed by atoms with Gasteiger partial charge < -0.3 is 5.11 Å². The Kier molecular flexibility index (Phi) is 1.58. The summed E-state index contributed by atoms with van der Waals surface area (Å²) in [5, 5.41) is 27.1. The van der Waals surface area contributed by atoms with Crippen LogP contribution in [0.15, 0.2) is 15.4 Å². The number of nitrogens with zero attached hydrogens (tertiary/aromatic N) is 4. The molecule has 0 fully saturated rings. The van der Waals surface area contributed by atoms with Gasteiger partial charge in [0, 0.05) is 0 Å². The average Bonchev–Trinajstić information content (AvgIpc) is 2.32. The number of nitro groups is 1. The second-order valence-electron chi connectivity index (χ2n) is 1.65. The molecule has 0 saturated heterocycles. The highest BCUT2D eigenvalue weighted by molar-refractivity contribution is 6.37. The van der Waals surface area contributed by atoms with Gasteiger partial charge in [-0.3, -0.25) is 10.1 Å². The number of rotatable bonds is 2. The van der Waals surface area contributed by atoms with Crippen molar-refractivity contribution >= 4 is 11.7 Å². The van der Waals surface area contributed by atoms with Gasteiger partial charge in [0.15, 0.2) is 0 Å². The maximum Gasteiger partial charge on any atom is 0.373 e. The average molecular weight is 158 g/mol. The van der Waals surface area contributed by atoms with Crippen molar-refractivity contribution in [2.45, 2.75) is 6.17 Å². The Morgan fingerprint density at radius 2 is 2.36 bits per heavy atom. The van der Waals surface area contributed by atoms with Gasteiger partial charge in [0.2, 0.25) is 5.71 Å². The zero-order valence-electron chi connectivity index (χ0n) is 5.04. The number of hydrogen-bond donors (Lipinski definition) is 1. The van der Waals surface area contributed by atoms with Crippen molar-refractivity contribution in [2.75, 3.05) is 0 Å². The van der Waals surface area contributed by atoms with Crippen LogP contribution in [-0.2, 0) is 4.79 Å². The van der Waals surface area contributed by atoms with E-state index in [0.717, 1.165) is 0 Å². The molecule has 1 rings (SSSR count). The monoisotopic (exact) mass is 158 g/mol. The highest BCUT2D eigenvalue weighted by Crippen LogP contribution is 2.05. The molecule has 1 atom stereocenters. The number of carbonyl (C=O) groups is 1. The molecular weight excluding hydrogens is 156 g/mol. The zero-order valence-corrected chi connectivity index (χ0v) is 5.04. The van der Waals surface area contributed by atoms with E-state index in [4.69, 9.17) is 5.11 Å². The van der Waals surface area contributed by atoms with E-state index in [1.807, 2.05) is 0 Å². The summed E-state index contributed by atoms with van der Waals surface area (Å²) in [4.78, 5) is 19.3. The third-order valence-electron chi connectivity index (χ3n) is 0.977. The molecule has 1 aliphatic heterocycles. The first-order chi connectivity index (χ1) is 5.13. The normalized spacial score (nSPS) is 21.5. The van der Waals surface area contributed by atoms with Crippen LogP contribution in [0.2, 0.25) is 0 Å². The van der Waals surface area contributed by atoms with E-state index in [2.05, 4.69) is 15.4 Å². The lowest BCUT2D eigenvalue weighted by atomic mass is 10.3. The molecule has 0 saturated carbocycles. The van der Waals surface area contributed by atoms with Gasteiger partial charge in [-0.2, -0.15) is 0 Å². The predicted octanol–water partition coefficient (Wildman–Crippen LogP) is -0.504. The molecule has 0 aromatic rings. The molecule has 0 amide bonds. The standard InChI is InChI=1S/C3H2N4O4/c8-3(9)1-2(7(10)11)5-6-4-1/h2H,(H,8,9)/t2-/m0/s1. The topological polar surface area (TPSA) is 118 Å². The molecular formula is C3H2N4O4. The summed E-state index contributed by atoms with van der Waals surface area (Å²) in [5.74, 6) is -1.48. The minimum Gasteiger partial charge on any atom is -0.476 e. The van der Waals surface area contributed by atoms with Crippen LogP contribution in [0.25, 0.3) is 0 Å². The summed E-state index contributed by atoms with van der Waals surface area (Å²) < 4.78 is 0. The molecule has 11 heavy (non-hydrogen) atoms. The maximum atomic E-state index is 10.2. The van der Waals surface area contributed by atoms with Crippen LogP contribution in [0, 0.1) is 10.1 Å². The van der Waals surface area contributed by atoms with E-state index in [1.165, 1.54) is 0 Å². The minimum absolute atomic E-state index is 0.657. The van der Waals surface area contributed by atoms with Crippen LogP contribution in [-0.4, -0.2) is 27.9 Å². The van der Waals surface area contributed by atoms with Crippen LogP contribution in [0.5, 0.6) is 0 Å². The molecule has 0 radical (unpaired) electrons. The Morgan fingerprint density at radius 3 is 2.73 bits per heavy atom. The molecule has 0 spiro atoms. The van der Waals surface area contributed by atoms with Crippen LogP contribution < -0.4 is 0 Å². The number of aliphatic carboxylic acids is 1. The lowest BCUT2D eigenvalue weighted by Gasteiger charge is -1.94. The van der Waals surface area contributed by atoms with Gasteiger partial charge >= 0.3 is 12.1 Å². The highest BCUT2D eigenvalue weighted by Gasteiger charge is 2.36. The third kappa shape index (κ3) is 1.18. The fraction of sp³-hybridized carbons (Fsp3) is 0.333. The van der Waals surface area contributed by atoms with Gasteiger partial charge in [0.25, 0.3) is 0 Å². The van der Waals surface area contributed by atoms with Gasteiger partial charge in [-0.15, -0.1) is 5.10 Å². The molecule has 1 heterocycles. The summed E-state index contributed by atoms with van der Waals surface area (Å²) in [5.41, 5.74) is -0.657. The molecule has 0 aliphatic carbocycles. The molecule has 8 nitrogen and oxygen atoms in total.